The summed E-state index contributed by atoms with van der Waals surface area (Å²) in [6, 6.07) is 7.57. The number of nitrogens with zero attached hydrogens (tertiary/aromatic N) is 1. The van der Waals surface area contributed by atoms with E-state index in [1.165, 1.54) is 0 Å². The average Bonchev–Trinajstić information content (AvgIpc) is 2.35. The summed E-state index contributed by atoms with van der Waals surface area (Å²) in [4.78, 5) is 14.0. The Morgan fingerprint density at radius 3 is 2.89 bits per heavy atom. The van der Waals surface area contributed by atoms with Crippen LogP contribution in [0, 0.1) is 5.92 Å². The van der Waals surface area contributed by atoms with Crippen LogP contribution in [0.25, 0.3) is 0 Å². The summed E-state index contributed by atoms with van der Waals surface area (Å²) in [5.74, 6) is 0.611. The van der Waals surface area contributed by atoms with Gasteiger partial charge in [-0.1, -0.05) is 36.7 Å². The molecule has 3 nitrogen and oxygen atoms in total. The van der Waals surface area contributed by atoms with Crippen molar-refractivity contribution in [3.63, 3.8) is 0 Å². The Balaban J connectivity index is 1.99. The topological polar surface area (TPSA) is 46.3 Å². The number of nitrogens with two attached hydrogens (primary N) is 1. The summed E-state index contributed by atoms with van der Waals surface area (Å²) in [6.07, 6.45) is 1.34. The van der Waals surface area contributed by atoms with Crippen LogP contribution in [0.4, 0.5) is 0 Å². The van der Waals surface area contributed by atoms with Crippen molar-refractivity contribution in [2.24, 2.45) is 11.7 Å². The highest BCUT2D eigenvalue weighted by atomic mass is 35.5. The second-order valence-electron chi connectivity index (χ2n) is 5.04. The molecule has 0 aliphatic carbocycles. The van der Waals surface area contributed by atoms with Crippen molar-refractivity contribution in [1.82, 2.24) is 4.90 Å². The molecule has 98 valence electrons. The zero-order valence-corrected chi connectivity index (χ0v) is 11.4. The van der Waals surface area contributed by atoms with Crippen LogP contribution in [0.3, 0.4) is 0 Å². The van der Waals surface area contributed by atoms with E-state index in [2.05, 4.69) is 6.92 Å². The molecule has 2 unspecified atom stereocenters. The van der Waals surface area contributed by atoms with E-state index in [0.717, 1.165) is 18.5 Å². The second-order valence-corrected chi connectivity index (χ2v) is 5.44. The van der Waals surface area contributed by atoms with Crippen LogP contribution in [0.1, 0.15) is 18.9 Å². The number of halogens is 1. The third-order valence-electron chi connectivity index (χ3n) is 3.67. The van der Waals surface area contributed by atoms with E-state index in [4.69, 9.17) is 17.3 Å². The normalized spacial score (nSPS) is 24.1. The number of hydrogen-bond acceptors (Lipinski definition) is 2. The van der Waals surface area contributed by atoms with E-state index < -0.39 is 0 Å². The monoisotopic (exact) mass is 266 g/mol. The number of amides is 1. The molecule has 1 amide bonds. The molecule has 1 aliphatic rings. The molecular formula is C14H19ClN2O. The highest BCUT2D eigenvalue weighted by Gasteiger charge is 2.26. The SMILES string of the molecule is CC1CCN(C(=O)Cc2ccccc2Cl)CC1N. The van der Waals surface area contributed by atoms with Gasteiger partial charge in [0.1, 0.15) is 0 Å². The van der Waals surface area contributed by atoms with Gasteiger partial charge in [-0.25, -0.2) is 0 Å². The van der Waals surface area contributed by atoms with E-state index in [1.807, 2.05) is 29.2 Å². The fourth-order valence-electron chi connectivity index (χ4n) is 2.24. The highest BCUT2D eigenvalue weighted by molar-refractivity contribution is 6.31. The number of rotatable bonds is 2. The number of carbonyl (C=O) groups is 1. The fourth-order valence-corrected chi connectivity index (χ4v) is 2.44. The molecule has 2 atom stereocenters. The molecular weight excluding hydrogens is 248 g/mol. The fraction of sp³-hybridized carbons (Fsp3) is 0.500. The minimum Gasteiger partial charge on any atom is -0.341 e. The van der Waals surface area contributed by atoms with Gasteiger partial charge in [-0.15, -0.1) is 0 Å². The number of likely N-dealkylation sites (tertiary alicyclic amines) is 1. The third-order valence-corrected chi connectivity index (χ3v) is 4.04. The van der Waals surface area contributed by atoms with Gasteiger partial charge in [0, 0.05) is 24.2 Å². The number of benzene rings is 1. The Morgan fingerprint density at radius 2 is 2.22 bits per heavy atom. The van der Waals surface area contributed by atoms with Crippen molar-refractivity contribution in [2.45, 2.75) is 25.8 Å². The molecule has 4 heteroatoms. The van der Waals surface area contributed by atoms with E-state index in [-0.39, 0.29) is 11.9 Å². The molecule has 1 heterocycles. The lowest BCUT2D eigenvalue weighted by Gasteiger charge is -2.35. The molecule has 1 saturated heterocycles. The Kier molecular flexibility index (Phi) is 4.25. The van der Waals surface area contributed by atoms with Gasteiger partial charge < -0.3 is 10.6 Å². The number of carbonyl (C=O) groups excluding carboxylic acids is 1. The Labute approximate surface area is 113 Å². The van der Waals surface area contributed by atoms with Gasteiger partial charge in [-0.3, -0.25) is 4.79 Å². The molecule has 0 saturated carbocycles. The maximum atomic E-state index is 12.2. The van der Waals surface area contributed by atoms with Crippen molar-refractivity contribution in [2.75, 3.05) is 13.1 Å². The Bertz CT molecular complexity index is 436. The van der Waals surface area contributed by atoms with Crippen LogP contribution in [0.15, 0.2) is 24.3 Å². The van der Waals surface area contributed by atoms with Gasteiger partial charge in [0.05, 0.1) is 6.42 Å². The Morgan fingerprint density at radius 1 is 1.50 bits per heavy atom. The zero-order valence-electron chi connectivity index (χ0n) is 10.6. The quantitative estimate of drug-likeness (QED) is 0.891. The van der Waals surface area contributed by atoms with Gasteiger partial charge in [0.15, 0.2) is 0 Å². The smallest absolute Gasteiger partial charge is 0.227 e. The van der Waals surface area contributed by atoms with Crippen LogP contribution in [0.2, 0.25) is 5.02 Å². The van der Waals surface area contributed by atoms with Crippen molar-refractivity contribution in [3.8, 4) is 0 Å². The van der Waals surface area contributed by atoms with Gasteiger partial charge in [0.25, 0.3) is 0 Å². The molecule has 1 aliphatic heterocycles. The molecule has 18 heavy (non-hydrogen) atoms. The lowest BCUT2D eigenvalue weighted by Crippen LogP contribution is -2.50. The maximum absolute atomic E-state index is 12.2. The predicted octanol–water partition coefficient (Wildman–Crippen LogP) is 2.08. The molecule has 1 aromatic rings. The van der Waals surface area contributed by atoms with E-state index in [0.29, 0.717) is 23.9 Å². The molecule has 0 spiro atoms. The number of piperidine rings is 1. The van der Waals surface area contributed by atoms with Gasteiger partial charge in [0.2, 0.25) is 5.91 Å². The first-order chi connectivity index (χ1) is 8.58. The van der Waals surface area contributed by atoms with Crippen molar-refractivity contribution < 1.29 is 4.79 Å². The minimum atomic E-state index is 0.0916. The molecule has 0 radical (unpaired) electrons. The van der Waals surface area contributed by atoms with Crippen LogP contribution in [-0.4, -0.2) is 29.9 Å². The van der Waals surface area contributed by atoms with Crippen molar-refractivity contribution >= 4 is 17.5 Å². The number of hydrogen-bond donors (Lipinski definition) is 1. The average molecular weight is 267 g/mol. The standard InChI is InChI=1S/C14H19ClN2O/c1-10-6-7-17(9-13(10)16)14(18)8-11-4-2-3-5-12(11)15/h2-5,10,13H,6-9,16H2,1H3. The summed E-state index contributed by atoms with van der Waals surface area (Å²) >= 11 is 6.06. The second kappa shape index (κ2) is 5.72. The molecule has 1 fully saturated rings. The third kappa shape index (κ3) is 3.03. The van der Waals surface area contributed by atoms with Gasteiger partial charge in [-0.05, 0) is 24.0 Å². The molecule has 0 bridgehead atoms. The summed E-state index contributed by atoms with van der Waals surface area (Å²) in [6.45, 7) is 3.60. The van der Waals surface area contributed by atoms with Crippen molar-refractivity contribution in [1.29, 1.82) is 0 Å². The van der Waals surface area contributed by atoms with Gasteiger partial charge in [-0.2, -0.15) is 0 Å². The van der Waals surface area contributed by atoms with E-state index in [9.17, 15) is 4.79 Å². The zero-order chi connectivity index (χ0) is 13.1. The maximum Gasteiger partial charge on any atom is 0.227 e. The first kappa shape index (κ1) is 13.4. The van der Waals surface area contributed by atoms with Crippen molar-refractivity contribution in [3.05, 3.63) is 34.9 Å². The van der Waals surface area contributed by atoms with Crippen LogP contribution < -0.4 is 5.73 Å². The molecule has 0 aromatic heterocycles. The van der Waals surface area contributed by atoms with Crippen LogP contribution in [-0.2, 0) is 11.2 Å². The van der Waals surface area contributed by atoms with Gasteiger partial charge >= 0.3 is 0 Å². The lowest BCUT2D eigenvalue weighted by atomic mass is 9.94. The Hall–Kier alpha value is -1.06. The summed E-state index contributed by atoms with van der Waals surface area (Å²) in [5.41, 5.74) is 6.90. The molecule has 2 N–H and O–H groups in total. The summed E-state index contributed by atoms with van der Waals surface area (Å²) in [5, 5.41) is 0.653. The molecule has 2 rings (SSSR count). The van der Waals surface area contributed by atoms with E-state index >= 15 is 0 Å². The first-order valence-corrected chi connectivity index (χ1v) is 6.72. The summed E-state index contributed by atoms with van der Waals surface area (Å²) < 4.78 is 0. The van der Waals surface area contributed by atoms with Crippen LogP contribution >= 0.6 is 11.6 Å². The lowest BCUT2D eigenvalue weighted by molar-refractivity contribution is -0.132. The largest absolute Gasteiger partial charge is 0.341 e. The minimum absolute atomic E-state index is 0.0916. The molecule has 1 aromatic carbocycles. The summed E-state index contributed by atoms with van der Waals surface area (Å²) in [7, 11) is 0. The van der Waals surface area contributed by atoms with Crippen LogP contribution in [0.5, 0.6) is 0 Å². The van der Waals surface area contributed by atoms with E-state index in [1.54, 1.807) is 0 Å². The predicted molar refractivity (Wildman–Crippen MR) is 73.5 cm³/mol. The first-order valence-electron chi connectivity index (χ1n) is 6.34. The highest BCUT2D eigenvalue weighted by Crippen LogP contribution is 2.19.